The Labute approximate surface area is 120 Å². The van der Waals surface area contributed by atoms with Crippen molar-refractivity contribution in [2.24, 2.45) is 0 Å². The van der Waals surface area contributed by atoms with Crippen LogP contribution >= 0.6 is 0 Å². The number of likely N-dealkylation sites (N-methyl/N-ethyl adjacent to an activating group) is 1. The first-order valence-electron chi connectivity index (χ1n) is 7.32. The van der Waals surface area contributed by atoms with Crippen LogP contribution in [0.15, 0.2) is 24.3 Å². The van der Waals surface area contributed by atoms with Gasteiger partial charge in [0.2, 0.25) is 0 Å². The van der Waals surface area contributed by atoms with Crippen LogP contribution in [0.3, 0.4) is 0 Å². The third-order valence-electron chi connectivity index (χ3n) is 3.93. The van der Waals surface area contributed by atoms with Crippen LogP contribution in [0.4, 0.5) is 0 Å². The van der Waals surface area contributed by atoms with Crippen molar-refractivity contribution in [1.82, 2.24) is 4.90 Å². The summed E-state index contributed by atoms with van der Waals surface area (Å²) in [7, 11) is 1.77. The monoisotopic (exact) mass is 277 g/mol. The number of aliphatic hydroxyl groups is 1. The lowest BCUT2D eigenvalue weighted by Gasteiger charge is -2.35. The topological polar surface area (TPSA) is 49.8 Å². The van der Waals surface area contributed by atoms with Crippen LogP contribution in [-0.4, -0.2) is 41.7 Å². The van der Waals surface area contributed by atoms with Crippen LogP contribution in [0.2, 0.25) is 0 Å². The maximum Gasteiger partial charge on any atom is 0.257 e. The summed E-state index contributed by atoms with van der Waals surface area (Å²) in [5.74, 6) is 0.525. The molecular formula is C16H23NO3. The Balaban J connectivity index is 2.17. The third kappa shape index (κ3) is 3.12. The number of hydrogen-bond acceptors (Lipinski definition) is 3. The highest BCUT2D eigenvalue weighted by Crippen LogP contribution is 2.26. The molecule has 1 fully saturated rings. The Morgan fingerprint density at radius 1 is 1.35 bits per heavy atom. The minimum atomic E-state index is -0.419. The van der Waals surface area contributed by atoms with Gasteiger partial charge in [-0.1, -0.05) is 25.0 Å². The molecule has 0 saturated heterocycles. The van der Waals surface area contributed by atoms with Gasteiger partial charge in [-0.25, -0.2) is 0 Å². The average Bonchev–Trinajstić information content (AvgIpc) is 2.47. The highest BCUT2D eigenvalue weighted by atomic mass is 16.5. The second-order valence-electron chi connectivity index (χ2n) is 5.26. The van der Waals surface area contributed by atoms with Crippen LogP contribution in [0.25, 0.3) is 0 Å². The number of nitrogens with zero attached hydrogens (tertiary/aromatic N) is 1. The molecule has 20 heavy (non-hydrogen) atoms. The predicted molar refractivity (Wildman–Crippen MR) is 78.0 cm³/mol. The van der Waals surface area contributed by atoms with E-state index in [1.807, 2.05) is 25.1 Å². The first kappa shape index (κ1) is 14.9. The van der Waals surface area contributed by atoms with Crippen molar-refractivity contribution in [3.05, 3.63) is 29.8 Å². The maximum atomic E-state index is 12.6. The molecular weight excluding hydrogens is 254 g/mol. The molecule has 0 spiro atoms. The second kappa shape index (κ2) is 6.75. The van der Waals surface area contributed by atoms with Gasteiger partial charge in [0, 0.05) is 7.05 Å². The molecule has 1 aromatic carbocycles. The number of hydrogen-bond donors (Lipinski definition) is 1. The summed E-state index contributed by atoms with van der Waals surface area (Å²) >= 11 is 0. The van der Waals surface area contributed by atoms with Crippen LogP contribution in [0.1, 0.15) is 43.0 Å². The van der Waals surface area contributed by atoms with Crippen molar-refractivity contribution in [3.8, 4) is 5.75 Å². The number of amides is 1. The molecule has 1 aromatic rings. The number of ether oxygens (including phenoxy) is 1. The molecule has 0 bridgehead atoms. The minimum absolute atomic E-state index is 0.0833. The predicted octanol–water partition coefficient (Wildman–Crippen LogP) is 2.46. The van der Waals surface area contributed by atoms with Gasteiger partial charge in [0.05, 0.1) is 24.3 Å². The fraction of sp³-hybridized carbons (Fsp3) is 0.562. The first-order valence-corrected chi connectivity index (χ1v) is 7.32. The molecule has 1 N–H and O–H groups in total. The van der Waals surface area contributed by atoms with E-state index < -0.39 is 6.10 Å². The van der Waals surface area contributed by atoms with Gasteiger partial charge in [0.1, 0.15) is 5.75 Å². The largest absolute Gasteiger partial charge is 0.493 e. The molecule has 0 radical (unpaired) electrons. The van der Waals surface area contributed by atoms with Crippen LogP contribution < -0.4 is 4.74 Å². The molecule has 1 amide bonds. The molecule has 4 heteroatoms. The van der Waals surface area contributed by atoms with E-state index in [0.29, 0.717) is 17.9 Å². The van der Waals surface area contributed by atoms with E-state index in [2.05, 4.69) is 0 Å². The van der Waals surface area contributed by atoms with Gasteiger partial charge in [0.25, 0.3) is 5.91 Å². The fourth-order valence-electron chi connectivity index (χ4n) is 2.81. The third-order valence-corrected chi connectivity index (χ3v) is 3.93. The Hall–Kier alpha value is -1.55. The van der Waals surface area contributed by atoms with Gasteiger partial charge in [-0.2, -0.15) is 0 Å². The number of carbonyl (C=O) groups is 1. The summed E-state index contributed by atoms with van der Waals surface area (Å²) in [5.41, 5.74) is 0.564. The van der Waals surface area contributed by atoms with Crippen LogP contribution in [0, 0.1) is 0 Å². The zero-order valence-electron chi connectivity index (χ0n) is 12.2. The SMILES string of the molecule is CCOc1ccccc1C(=O)N(C)C1CCCCC1O. The standard InChI is InChI=1S/C16H23NO3/c1-3-20-15-11-7-4-8-12(15)16(19)17(2)13-9-5-6-10-14(13)18/h4,7-8,11,13-14,18H,3,5-6,9-10H2,1-2H3. The molecule has 0 aliphatic heterocycles. The summed E-state index contributed by atoms with van der Waals surface area (Å²) < 4.78 is 5.51. The van der Waals surface area contributed by atoms with E-state index in [1.54, 1.807) is 18.0 Å². The molecule has 2 unspecified atom stereocenters. The number of aliphatic hydroxyl groups excluding tert-OH is 1. The summed E-state index contributed by atoms with van der Waals surface area (Å²) in [4.78, 5) is 14.3. The number of benzene rings is 1. The van der Waals surface area contributed by atoms with Gasteiger partial charge in [-0.15, -0.1) is 0 Å². The lowest BCUT2D eigenvalue weighted by atomic mass is 9.91. The maximum absolute atomic E-state index is 12.6. The van der Waals surface area contributed by atoms with Crippen LogP contribution in [-0.2, 0) is 0 Å². The minimum Gasteiger partial charge on any atom is -0.493 e. The van der Waals surface area contributed by atoms with E-state index in [-0.39, 0.29) is 11.9 Å². The van der Waals surface area contributed by atoms with Crippen molar-refractivity contribution in [1.29, 1.82) is 0 Å². The van der Waals surface area contributed by atoms with Gasteiger partial charge in [-0.05, 0) is 31.9 Å². The fourth-order valence-corrected chi connectivity index (χ4v) is 2.81. The molecule has 110 valence electrons. The number of carbonyl (C=O) groups excluding carboxylic acids is 1. The molecule has 0 heterocycles. The quantitative estimate of drug-likeness (QED) is 0.919. The normalized spacial score (nSPS) is 22.4. The Morgan fingerprint density at radius 2 is 2.05 bits per heavy atom. The summed E-state index contributed by atoms with van der Waals surface area (Å²) in [6.45, 7) is 2.43. The zero-order chi connectivity index (χ0) is 14.5. The van der Waals surface area contributed by atoms with Gasteiger partial charge >= 0.3 is 0 Å². The van der Waals surface area contributed by atoms with E-state index in [9.17, 15) is 9.90 Å². The molecule has 1 aliphatic carbocycles. The average molecular weight is 277 g/mol. The summed E-state index contributed by atoms with van der Waals surface area (Å²) in [5, 5.41) is 10.1. The first-order chi connectivity index (χ1) is 9.65. The molecule has 4 nitrogen and oxygen atoms in total. The van der Waals surface area contributed by atoms with E-state index in [1.165, 1.54) is 0 Å². The number of rotatable bonds is 4. The number of para-hydroxylation sites is 1. The van der Waals surface area contributed by atoms with Gasteiger partial charge in [0.15, 0.2) is 0 Å². The molecule has 1 saturated carbocycles. The van der Waals surface area contributed by atoms with Crippen molar-refractivity contribution >= 4 is 5.91 Å². The Kier molecular flexibility index (Phi) is 5.01. The molecule has 2 atom stereocenters. The molecule has 1 aliphatic rings. The van der Waals surface area contributed by atoms with Crippen molar-refractivity contribution in [2.45, 2.75) is 44.8 Å². The summed E-state index contributed by atoms with van der Waals surface area (Å²) in [6.07, 6.45) is 3.31. The van der Waals surface area contributed by atoms with Crippen molar-refractivity contribution < 1.29 is 14.6 Å². The van der Waals surface area contributed by atoms with Gasteiger partial charge in [-0.3, -0.25) is 4.79 Å². The lowest BCUT2D eigenvalue weighted by Crippen LogP contribution is -2.46. The smallest absolute Gasteiger partial charge is 0.257 e. The summed E-state index contributed by atoms with van der Waals surface area (Å²) in [6, 6.07) is 7.19. The van der Waals surface area contributed by atoms with Crippen LogP contribution in [0.5, 0.6) is 5.75 Å². The Morgan fingerprint density at radius 3 is 2.75 bits per heavy atom. The highest BCUT2D eigenvalue weighted by Gasteiger charge is 2.30. The van der Waals surface area contributed by atoms with Gasteiger partial charge < -0.3 is 14.7 Å². The van der Waals surface area contributed by atoms with Crippen molar-refractivity contribution in [2.75, 3.05) is 13.7 Å². The zero-order valence-corrected chi connectivity index (χ0v) is 12.2. The van der Waals surface area contributed by atoms with E-state index in [0.717, 1.165) is 25.7 Å². The van der Waals surface area contributed by atoms with E-state index >= 15 is 0 Å². The Bertz CT molecular complexity index is 461. The van der Waals surface area contributed by atoms with E-state index in [4.69, 9.17) is 4.74 Å². The molecule has 2 rings (SSSR count). The second-order valence-corrected chi connectivity index (χ2v) is 5.26. The molecule has 0 aromatic heterocycles. The highest BCUT2D eigenvalue weighted by molar-refractivity contribution is 5.97. The van der Waals surface area contributed by atoms with Crippen molar-refractivity contribution in [3.63, 3.8) is 0 Å². The lowest BCUT2D eigenvalue weighted by molar-refractivity contribution is 0.0266.